The minimum Gasteiger partial charge on any atom is -0.340 e. The number of carbonyl (C=O) groups excluding carboxylic acids is 1. The summed E-state index contributed by atoms with van der Waals surface area (Å²) in [6.07, 6.45) is 5.45. The molecule has 8 heteroatoms. The maximum atomic E-state index is 12.0. The number of anilines is 1. The summed E-state index contributed by atoms with van der Waals surface area (Å²) in [6.45, 7) is 4.63. The minimum atomic E-state index is -0.0612. The van der Waals surface area contributed by atoms with Crippen LogP contribution in [-0.4, -0.2) is 51.6 Å². The van der Waals surface area contributed by atoms with Crippen molar-refractivity contribution in [1.29, 1.82) is 0 Å². The second kappa shape index (κ2) is 7.98. The van der Waals surface area contributed by atoms with Crippen LogP contribution in [0.3, 0.4) is 0 Å². The van der Waals surface area contributed by atoms with Crippen LogP contribution in [0.15, 0.2) is 29.0 Å². The highest BCUT2D eigenvalue weighted by atomic mass is 16.5. The monoisotopic (exact) mass is 330 g/mol. The molecule has 24 heavy (non-hydrogen) atoms. The molecule has 2 aromatic rings. The first-order valence-electron chi connectivity index (χ1n) is 8.14. The van der Waals surface area contributed by atoms with Gasteiger partial charge in [0.05, 0.1) is 25.0 Å². The third kappa shape index (κ3) is 4.84. The minimum absolute atomic E-state index is 0.0612. The lowest BCUT2D eigenvalue weighted by Crippen LogP contribution is -2.47. The topological polar surface area (TPSA) is 96.2 Å². The molecule has 8 nitrogen and oxygen atoms in total. The van der Waals surface area contributed by atoms with Crippen molar-refractivity contribution in [2.24, 2.45) is 0 Å². The predicted octanol–water partition coefficient (Wildman–Crippen LogP) is 0.966. The number of aromatic nitrogens is 3. The van der Waals surface area contributed by atoms with Gasteiger partial charge in [0.2, 0.25) is 11.8 Å². The lowest BCUT2D eigenvalue weighted by molar-refractivity contribution is -0.115. The number of hydrogen-bond donors (Lipinski definition) is 2. The Bertz CT molecular complexity index is 660. The first kappa shape index (κ1) is 16.5. The molecular formula is C16H22N6O2. The zero-order valence-electron chi connectivity index (χ0n) is 13.7. The van der Waals surface area contributed by atoms with E-state index in [9.17, 15) is 4.79 Å². The molecule has 0 radical (unpaired) electrons. The molecule has 0 aromatic carbocycles. The number of hydrogen-bond acceptors (Lipinski definition) is 7. The van der Waals surface area contributed by atoms with Crippen LogP contribution >= 0.6 is 0 Å². The Labute approximate surface area is 140 Å². The number of rotatable bonds is 6. The molecule has 0 spiro atoms. The number of aryl methyl sites for hydroxylation is 1. The van der Waals surface area contributed by atoms with Crippen molar-refractivity contribution < 1.29 is 9.32 Å². The molecule has 0 saturated carbocycles. The van der Waals surface area contributed by atoms with E-state index < -0.39 is 0 Å². The molecule has 1 atom stereocenters. The highest BCUT2D eigenvalue weighted by Gasteiger charge is 2.21. The van der Waals surface area contributed by atoms with Crippen LogP contribution in [0.25, 0.3) is 0 Å². The van der Waals surface area contributed by atoms with E-state index in [1.807, 2.05) is 6.07 Å². The summed E-state index contributed by atoms with van der Waals surface area (Å²) in [4.78, 5) is 22.5. The molecule has 3 rings (SSSR count). The van der Waals surface area contributed by atoms with E-state index in [1.165, 1.54) is 0 Å². The van der Waals surface area contributed by atoms with Gasteiger partial charge in [0.25, 0.3) is 0 Å². The molecule has 1 aliphatic rings. The summed E-state index contributed by atoms with van der Waals surface area (Å²) in [5.74, 6) is 1.24. The van der Waals surface area contributed by atoms with Crippen LogP contribution in [0.4, 0.5) is 5.69 Å². The average Bonchev–Trinajstić information content (AvgIpc) is 2.99. The van der Waals surface area contributed by atoms with Crippen LogP contribution in [-0.2, 0) is 11.3 Å². The summed E-state index contributed by atoms with van der Waals surface area (Å²) < 4.78 is 5.01. The van der Waals surface area contributed by atoms with E-state index >= 15 is 0 Å². The van der Waals surface area contributed by atoms with Crippen molar-refractivity contribution in [2.45, 2.75) is 32.4 Å². The molecule has 1 amide bonds. The molecule has 2 N–H and O–H groups in total. The third-order valence-corrected chi connectivity index (χ3v) is 3.94. The second-order valence-electron chi connectivity index (χ2n) is 5.97. The Morgan fingerprint density at radius 1 is 1.50 bits per heavy atom. The van der Waals surface area contributed by atoms with E-state index in [1.54, 1.807) is 25.4 Å². The zero-order valence-corrected chi connectivity index (χ0v) is 13.7. The van der Waals surface area contributed by atoms with Gasteiger partial charge in [-0.25, -0.2) is 0 Å². The largest absolute Gasteiger partial charge is 0.340 e. The molecule has 0 aliphatic carbocycles. The number of nitrogens with zero attached hydrogens (tertiary/aromatic N) is 4. The SMILES string of the molecule is Cc1nc(CN2CCC[C@H](NCC(=O)Nc3cccnc3)C2)no1. The molecule has 128 valence electrons. The smallest absolute Gasteiger partial charge is 0.238 e. The van der Waals surface area contributed by atoms with Crippen molar-refractivity contribution >= 4 is 11.6 Å². The Kier molecular flexibility index (Phi) is 5.50. The van der Waals surface area contributed by atoms with Crippen molar-refractivity contribution in [2.75, 3.05) is 25.0 Å². The lowest BCUT2D eigenvalue weighted by Gasteiger charge is -2.32. The molecule has 1 saturated heterocycles. The van der Waals surface area contributed by atoms with Crippen molar-refractivity contribution in [3.63, 3.8) is 0 Å². The Hall–Kier alpha value is -2.32. The fourth-order valence-corrected chi connectivity index (χ4v) is 2.85. The van der Waals surface area contributed by atoms with Gasteiger partial charge in [-0.3, -0.25) is 14.7 Å². The Balaban J connectivity index is 1.42. The van der Waals surface area contributed by atoms with Crippen LogP contribution < -0.4 is 10.6 Å². The number of carbonyl (C=O) groups is 1. The van der Waals surface area contributed by atoms with Gasteiger partial charge in [0.1, 0.15) is 0 Å². The van der Waals surface area contributed by atoms with Crippen molar-refractivity contribution in [3.05, 3.63) is 36.2 Å². The van der Waals surface area contributed by atoms with E-state index in [4.69, 9.17) is 4.52 Å². The summed E-state index contributed by atoms with van der Waals surface area (Å²) in [5.41, 5.74) is 0.710. The fraction of sp³-hybridized carbons (Fsp3) is 0.500. The highest BCUT2D eigenvalue weighted by Crippen LogP contribution is 2.12. The van der Waals surface area contributed by atoms with Crippen molar-refractivity contribution in [1.82, 2.24) is 25.3 Å². The lowest BCUT2D eigenvalue weighted by atomic mass is 10.1. The van der Waals surface area contributed by atoms with Crippen molar-refractivity contribution in [3.8, 4) is 0 Å². The zero-order chi connectivity index (χ0) is 16.8. The molecule has 0 unspecified atom stereocenters. The third-order valence-electron chi connectivity index (χ3n) is 3.94. The van der Waals surface area contributed by atoms with Gasteiger partial charge in [0.15, 0.2) is 5.82 Å². The standard InChI is InChI=1S/C16H22N6O2/c1-12-19-15(21-24-12)11-22-7-3-5-14(10-22)18-9-16(23)20-13-4-2-6-17-8-13/h2,4,6,8,14,18H,3,5,7,9-11H2,1H3,(H,20,23)/t14-/m0/s1. The number of piperidine rings is 1. The summed E-state index contributed by atoms with van der Waals surface area (Å²) >= 11 is 0. The quantitative estimate of drug-likeness (QED) is 0.814. The van der Waals surface area contributed by atoms with Gasteiger partial charge in [-0.15, -0.1) is 0 Å². The Morgan fingerprint density at radius 3 is 3.17 bits per heavy atom. The number of pyridine rings is 1. The van der Waals surface area contributed by atoms with Gasteiger partial charge >= 0.3 is 0 Å². The van der Waals surface area contributed by atoms with E-state index in [2.05, 4.69) is 30.7 Å². The van der Waals surface area contributed by atoms with Gasteiger partial charge < -0.3 is 15.2 Å². The summed E-state index contributed by atoms with van der Waals surface area (Å²) in [6, 6.07) is 3.90. The van der Waals surface area contributed by atoms with Gasteiger partial charge in [-0.2, -0.15) is 4.98 Å². The van der Waals surface area contributed by atoms with Crippen LogP contribution in [0.1, 0.15) is 24.6 Å². The molecule has 3 heterocycles. The van der Waals surface area contributed by atoms with Gasteiger partial charge in [-0.1, -0.05) is 5.16 Å². The predicted molar refractivity (Wildman–Crippen MR) is 88.2 cm³/mol. The second-order valence-corrected chi connectivity index (χ2v) is 5.97. The molecular weight excluding hydrogens is 308 g/mol. The molecule has 2 aromatic heterocycles. The van der Waals surface area contributed by atoms with Crippen LogP contribution in [0.5, 0.6) is 0 Å². The van der Waals surface area contributed by atoms with Gasteiger partial charge in [0, 0.05) is 25.7 Å². The van der Waals surface area contributed by atoms with Crippen LogP contribution in [0, 0.1) is 6.92 Å². The fourth-order valence-electron chi connectivity index (χ4n) is 2.85. The van der Waals surface area contributed by atoms with E-state index in [0.717, 1.165) is 25.9 Å². The maximum Gasteiger partial charge on any atom is 0.238 e. The normalized spacial score (nSPS) is 18.5. The number of likely N-dealkylation sites (tertiary alicyclic amines) is 1. The number of amides is 1. The summed E-state index contributed by atoms with van der Waals surface area (Å²) in [7, 11) is 0. The van der Waals surface area contributed by atoms with Gasteiger partial charge in [-0.05, 0) is 31.5 Å². The van der Waals surface area contributed by atoms with Crippen LogP contribution in [0.2, 0.25) is 0 Å². The molecule has 1 aliphatic heterocycles. The molecule has 0 bridgehead atoms. The molecule has 1 fully saturated rings. The Morgan fingerprint density at radius 2 is 2.42 bits per heavy atom. The van der Waals surface area contributed by atoms with E-state index in [-0.39, 0.29) is 18.5 Å². The first-order chi connectivity index (χ1) is 11.7. The first-order valence-corrected chi connectivity index (χ1v) is 8.14. The van der Waals surface area contributed by atoms with E-state index in [0.29, 0.717) is 23.9 Å². The number of nitrogens with one attached hydrogen (secondary N) is 2. The average molecular weight is 330 g/mol. The maximum absolute atomic E-state index is 12.0. The highest BCUT2D eigenvalue weighted by molar-refractivity contribution is 5.92. The summed E-state index contributed by atoms with van der Waals surface area (Å²) in [5, 5.41) is 10.1.